The van der Waals surface area contributed by atoms with Gasteiger partial charge < -0.3 is 14.7 Å². The van der Waals surface area contributed by atoms with E-state index in [1.807, 2.05) is 24.3 Å². The molecule has 1 aromatic rings. The standard InChI is InChI=1S/C19H33NO2/c1-6-20(7-2)14-16(5)19(21)17-8-10-18(11-9-17)22-13-12-15(3)4/h8-11,15-16,19,21H,6-7,12-14H2,1-5H3. The molecule has 1 aromatic carbocycles. The normalized spacial score (nSPS) is 14.4. The van der Waals surface area contributed by atoms with Gasteiger partial charge in [0.05, 0.1) is 12.7 Å². The third-order valence-electron chi connectivity index (χ3n) is 4.17. The molecule has 1 rings (SSSR count). The van der Waals surface area contributed by atoms with Crippen LogP contribution in [0.15, 0.2) is 24.3 Å². The molecule has 3 nitrogen and oxygen atoms in total. The largest absolute Gasteiger partial charge is 0.494 e. The highest BCUT2D eigenvalue weighted by Crippen LogP contribution is 2.24. The molecule has 0 radical (unpaired) electrons. The summed E-state index contributed by atoms with van der Waals surface area (Å²) in [4.78, 5) is 2.34. The predicted octanol–water partition coefficient (Wildman–Crippen LogP) is 4.12. The van der Waals surface area contributed by atoms with E-state index in [2.05, 4.69) is 39.5 Å². The summed E-state index contributed by atoms with van der Waals surface area (Å²) in [5.74, 6) is 1.75. The Balaban J connectivity index is 2.53. The smallest absolute Gasteiger partial charge is 0.119 e. The second-order valence-corrected chi connectivity index (χ2v) is 6.51. The van der Waals surface area contributed by atoms with Crippen LogP contribution in [0.3, 0.4) is 0 Å². The Morgan fingerprint density at radius 2 is 1.64 bits per heavy atom. The van der Waals surface area contributed by atoms with Gasteiger partial charge in [-0.3, -0.25) is 0 Å². The van der Waals surface area contributed by atoms with Gasteiger partial charge in [-0.25, -0.2) is 0 Å². The molecular weight excluding hydrogens is 274 g/mol. The molecule has 0 amide bonds. The number of ether oxygens (including phenoxy) is 1. The SMILES string of the molecule is CCN(CC)CC(C)C(O)c1ccc(OCCC(C)C)cc1. The van der Waals surface area contributed by atoms with Gasteiger partial charge in [-0.15, -0.1) is 0 Å². The van der Waals surface area contributed by atoms with Crippen LogP contribution in [0.5, 0.6) is 5.75 Å². The van der Waals surface area contributed by atoms with Gasteiger partial charge in [0.1, 0.15) is 5.75 Å². The second kappa shape index (κ2) is 9.86. The van der Waals surface area contributed by atoms with Gasteiger partial charge >= 0.3 is 0 Å². The van der Waals surface area contributed by atoms with Gasteiger partial charge in [0, 0.05) is 6.54 Å². The molecule has 0 aromatic heterocycles. The van der Waals surface area contributed by atoms with E-state index in [4.69, 9.17) is 4.74 Å². The first-order valence-corrected chi connectivity index (χ1v) is 8.61. The third kappa shape index (κ3) is 6.37. The van der Waals surface area contributed by atoms with Crippen LogP contribution in [-0.2, 0) is 0 Å². The van der Waals surface area contributed by atoms with E-state index in [1.165, 1.54) is 0 Å². The highest BCUT2D eigenvalue weighted by Gasteiger charge is 2.18. The molecule has 2 atom stereocenters. The van der Waals surface area contributed by atoms with Gasteiger partial charge in [-0.2, -0.15) is 0 Å². The molecule has 0 saturated heterocycles. The van der Waals surface area contributed by atoms with Crippen LogP contribution < -0.4 is 4.74 Å². The maximum Gasteiger partial charge on any atom is 0.119 e. The summed E-state index contributed by atoms with van der Waals surface area (Å²) in [6.45, 7) is 14.5. The summed E-state index contributed by atoms with van der Waals surface area (Å²) in [6.07, 6.45) is 0.635. The van der Waals surface area contributed by atoms with Crippen LogP contribution in [0.4, 0.5) is 0 Å². The number of benzene rings is 1. The van der Waals surface area contributed by atoms with Crippen LogP contribution in [0.2, 0.25) is 0 Å². The Bertz CT molecular complexity index is 398. The minimum absolute atomic E-state index is 0.215. The minimum Gasteiger partial charge on any atom is -0.494 e. The fourth-order valence-corrected chi connectivity index (χ4v) is 2.49. The summed E-state index contributed by atoms with van der Waals surface area (Å²) in [6, 6.07) is 7.88. The number of aliphatic hydroxyl groups excluding tert-OH is 1. The average Bonchev–Trinajstić information content (AvgIpc) is 2.52. The van der Waals surface area contributed by atoms with E-state index >= 15 is 0 Å². The van der Waals surface area contributed by atoms with E-state index in [0.29, 0.717) is 5.92 Å². The van der Waals surface area contributed by atoms with Gasteiger partial charge in [-0.1, -0.05) is 46.8 Å². The molecule has 0 heterocycles. The van der Waals surface area contributed by atoms with E-state index in [1.54, 1.807) is 0 Å². The van der Waals surface area contributed by atoms with Crippen molar-refractivity contribution in [2.45, 2.75) is 47.1 Å². The zero-order chi connectivity index (χ0) is 16.5. The van der Waals surface area contributed by atoms with Crippen LogP contribution >= 0.6 is 0 Å². The fraction of sp³-hybridized carbons (Fsp3) is 0.684. The van der Waals surface area contributed by atoms with Crippen molar-refractivity contribution >= 4 is 0 Å². The van der Waals surface area contributed by atoms with Crippen molar-refractivity contribution in [3.63, 3.8) is 0 Å². The molecule has 3 heteroatoms. The fourth-order valence-electron chi connectivity index (χ4n) is 2.49. The summed E-state index contributed by atoms with van der Waals surface area (Å²) in [5, 5.41) is 10.5. The molecule has 126 valence electrons. The summed E-state index contributed by atoms with van der Waals surface area (Å²) in [7, 11) is 0. The van der Waals surface area contributed by atoms with Crippen molar-refractivity contribution in [3.05, 3.63) is 29.8 Å². The van der Waals surface area contributed by atoms with E-state index < -0.39 is 6.10 Å². The van der Waals surface area contributed by atoms with Crippen LogP contribution in [0.1, 0.15) is 52.7 Å². The molecular formula is C19H33NO2. The summed E-state index contributed by atoms with van der Waals surface area (Å²) in [5.41, 5.74) is 0.968. The van der Waals surface area contributed by atoms with Gasteiger partial charge in [0.15, 0.2) is 0 Å². The zero-order valence-electron chi connectivity index (χ0n) is 14.9. The number of hydrogen-bond acceptors (Lipinski definition) is 3. The van der Waals surface area contributed by atoms with Crippen molar-refractivity contribution in [1.29, 1.82) is 0 Å². The Kier molecular flexibility index (Phi) is 8.51. The highest BCUT2D eigenvalue weighted by atomic mass is 16.5. The number of aliphatic hydroxyl groups is 1. The van der Waals surface area contributed by atoms with Gasteiger partial charge in [-0.05, 0) is 49.0 Å². The first kappa shape index (κ1) is 19.0. The number of hydrogen-bond donors (Lipinski definition) is 1. The Labute approximate surface area is 136 Å². The molecule has 0 bridgehead atoms. The second-order valence-electron chi connectivity index (χ2n) is 6.51. The van der Waals surface area contributed by atoms with Crippen molar-refractivity contribution < 1.29 is 9.84 Å². The van der Waals surface area contributed by atoms with Crippen molar-refractivity contribution in [1.82, 2.24) is 4.90 Å². The van der Waals surface area contributed by atoms with Crippen molar-refractivity contribution in [3.8, 4) is 5.75 Å². The topological polar surface area (TPSA) is 32.7 Å². The van der Waals surface area contributed by atoms with E-state index in [-0.39, 0.29) is 5.92 Å². The number of nitrogens with zero attached hydrogens (tertiary/aromatic N) is 1. The minimum atomic E-state index is -0.426. The molecule has 0 aliphatic heterocycles. The van der Waals surface area contributed by atoms with Crippen LogP contribution in [0.25, 0.3) is 0 Å². The lowest BCUT2D eigenvalue weighted by Crippen LogP contribution is -2.30. The molecule has 22 heavy (non-hydrogen) atoms. The Morgan fingerprint density at radius 1 is 1.05 bits per heavy atom. The first-order valence-electron chi connectivity index (χ1n) is 8.61. The lowest BCUT2D eigenvalue weighted by atomic mass is 9.97. The first-order chi connectivity index (χ1) is 10.5. The third-order valence-corrected chi connectivity index (χ3v) is 4.17. The van der Waals surface area contributed by atoms with Crippen LogP contribution in [-0.4, -0.2) is 36.2 Å². The summed E-state index contributed by atoms with van der Waals surface area (Å²) >= 11 is 0. The Hall–Kier alpha value is -1.06. The van der Waals surface area contributed by atoms with Crippen molar-refractivity contribution in [2.75, 3.05) is 26.2 Å². The molecule has 0 aliphatic rings. The summed E-state index contributed by atoms with van der Waals surface area (Å²) < 4.78 is 5.72. The molecule has 0 aliphatic carbocycles. The zero-order valence-corrected chi connectivity index (χ0v) is 14.9. The Morgan fingerprint density at radius 3 is 2.14 bits per heavy atom. The van der Waals surface area contributed by atoms with Gasteiger partial charge in [0.25, 0.3) is 0 Å². The predicted molar refractivity (Wildman–Crippen MR) is 93.3 cm³/mol. The van der Waals surface area contributed by atoms with Gasteiger partial charge in [0.2, 0.25) is 0 Å². The molecule has 0 fully saturated rings. The lowest BCUT2D eigenvalue weighted by Gasteiger charge is -2.26. The van der Waals surface area contributed by atoms with E-state index in [9.17, 15) is 5.11 Å². The highest BCUT2D eigenvalue weighted by molar-refractivity contribution is 5.28. The maximum atomic E-state index is 10.5. The molecule has 0 spiro atoms. The quantitative estimate of drug-likeness (QED) is 0.705. The number of rotatable bonds is 10. The molecule has 1 N–H and O–H groups in total. The van der Waals surface area contributed by atoms with Crippen LogP contribution in [0, 0.1) is 11.8 Å². The lowest BCUT2D eigenvalue weighted by molar-refractivity contribution is 0.0910. The maximum absolute atomic E-state index is 10.5. The monoisotopic (exact) mass is 307 g/mol. The molecule has 0 saturated carbocycles. The average molecular weight is 307 g/mol. The van der Waals surface area contributed by atoms with Crippen molar-refractivity contribution in [2.24, 2.45) is 11.8 Å². The molecule has 2 unspecified atom stereocenters. The van der Waals surface area contributed by atoms with E-state index in [0.717, 1.165) is 44.0 Å².